The summed E-state index contributed by atoms with van der Waals surface area (Å²) in [7, 11) is 1.84. The lowest BCUT2D eigenvalue weighted by Gasteiger charge is -2.29. The molecule has 1 aromatic rings. The highest BCUT2D eigenvalue weighted by Crippen LogP contribution is 2.38. The normalized spacial score (nSPS) is 26.5. The van der Waals surface area contributed by atoms with Crippen molar-refractivity contribution in [3.8, 4) is 6.07 Å². The minimum absolute atomic E-state index is 0.312. The number of nitriles is 1. The first-order valence-corrected chi connectivity index (χ1v) is 7.72. The van der Waals surface area contributed by atoms with E-state index in [1.165, 1.54) is 0 Å². The topological polar surface area (TPSA) is 79.4 Å². The van der Waals surface area contributed by atoms with E-state index in [2.05, 4.69) is 33.8 Å². The molecule has 0 aromatic carbocycles. The SMILES string of the molecule is CCNC1(C#N)CCCC1CCSc1nnnn1C. The summed E-state index contributed by atoms with van der Waals surface area (Å²) in [6.45, 7) is 2.92. The summed E-state index contributed by atoms with van der Waals surface area (Å²) in [6, 6.07) is 2.52. The average molecular weight is 280 g/mol. The van der Waals surface area contributed by atoms with Crippen molar-refractivity contribution in [1.29, 1.82) is 5.26 Å². The van der Waals surface area contributed by atoms with Gasteiger partial charge in [-0.05, 0) is 42.2 Å². The quantitative estimate of drug-likeness (QED) is 0.793. The third-order valence-electron chi connectivity index (χ3n) is 3.79. The molecular weight excluding hydrogens is 260 g/mol. The van der Waals surface area contributed by atoms with E-state index in [1.807, 2.05) is 7.05 Å². The molecule has 1 saturated carbocycles. The minimum atomic E-state index is -0.312. The molecule has 1 aliphatic rings. The molecule has 6 nitrogen and oxygen atoms in total. The summed E-state index contributed by atoms with van der Waals surface area (Å²) in [5, 5.41) is 25.1. The van der Waals surface area contributed by atoms with E-state index in [9.17, 15) is 5.26 Å². The highest BCUT2D eigenvalue weighted by Gasteiger charge is 2.42. The van der Waals surface area contributed by atoms with E-state index in [-0.39, 0.29) is 5.54 Å². The maximum absolute atomic E-state index is 9.49. The van der Waals surface area contributed by atoms with Gasteiger partial charge in [-0.1, -0.05) is 25.1 Å². The van der Waals surface area contributed by atoms with Crippen LogP contribution in [0.25, 0.3) is 0 Å². The molecule has 0 aliphatic heterocycles. The van der Waals surface area contributed by atoms with Gasteiger partial charge in [0.05, 0.1) is 6.07 Å². The maximum Gasteiger partial charge on any atom is 0.209 e. The van der Waals surface area contributed by atoms with Crippen LogP contribution in [-0.2, 0) is 7.05 Å². The van der Waals surface area contributed by atoms with Crippen molar-refractivity contribution < 1.29 is 0 Å². The molecule has 1 aliphatic carbocycles. The molecule has 0 saturated heterocycles. The zero-order valence-electron chi connectivity index (χ0n) is 11.5. The Hall–Kier alpha value is -1.13. The van der Waals surface area contributed by atoms with Crippen LogP contribution >= 0.6 is 11.8 Å². The van der Waals surface area contributed by atoms with Gasteiger partial charge in [-0.3, -0.25) is 5.32 Å². The third-order valence-corrected chi connectivity index (χ3v) is 4.83. The molecule has 104 valence electrons. The first-order valence-electron chi connectivity index (χ1n) is 6.73. The molecule has 2 rings (SSSR count). The molecule has 2 atom stereocenters. The molecule has 1 heterocycles. The van der Waals surface area contributed by atoms with E-state index in [0.717, 1.165) is 43.1 Å². The number of thioether (sulfide) groups is 1. The summed E-state index contributed by atoms with van der Waals surface area (Å²) >= 11 is 1.66. The standard InChI is InChI=1S/C12H20N6S/c1-3-14-12(9-13)7-4-5-10(12)6-8-19-11-15-16-17-18(11)2/h10,14H,3-8H2,1-2H3. The number of aryl methyl sites for hydroxylation is 1. The van der Waals surface area contributed by atoms with Gasteiger partial charge in [-0.25, -0.2) is 4.68 Å². The smallest absolute Gasteiger partial charge is 0.209 e. The Kier molecular flexibility index (Phi) is 4.77. The molecule has 2 unspecified atom stereocenters. The average Bonchev–Trinajstić information content (AvgIpc) is 2.99. The van der Waals surface area contributed by atoms with Gasteiger partial charge in [0, 0.05) is 12.8 Å². The number of hydrogen-bond donors (Lipinski definition) is 1. The highest BCUT2D eigenvalue weighted by atomic mass is 32.2. The summed E-state index contributed by atoms with van der Waals surface area (Å²) in [5.41, 5.74) is -0.312. The van der Waals surface area contributed by atoms with Crippen molar-refractivity contribution in [2.75, 3.05) is 12.3 Å². The second kappa shape index (κ2) is 6.35. The number of rotatable bonds is 6. The maximum atomic E-state index is 9.49. The minimum Gasteiger partial charge on any atom is -0.299 e. The molecule has 1 fully saturated rings. The number of tetrazole rings is 1. The molecule has 19 heavy (non-hydrogen) atoms. The van der Waals surface area contributed by atoms with Crippen LogP contribution in [0.3, 0.4) is 0 Å². The molecule has 1 N–H and O–H groups in total. The van der Waals surface area contributed by atoms with Gasteiger partial charge in [-0.15, -0.1) is 5.10 Å². The Bertz CT molecular complexity index is 453. The van der Waals surface area contributed by atoms with Crippen molar-refractivity contribution in [2.24, 2.45) is 13.0 Å². The second-order valence-electron chi connectivity index (χ2n) is 4.92. The summed E-state index contributed by atoms with van der Waals surface area (Å²) in [5.74, 6) is 1.39. The van der Waals surface area contributed by atoms with Gasteiger partial charge in [0.2, 0.25) is 5.16 Å². The molecule has 7 heteroatoms. The number of nitrogens with one attached hydrogen (secondary N) is 1. The molecule has 0 spiro atoms. The van der Waals surface area contributed by atoms with Gasteiger partial charge in [-0.2, -0.15) is 5.26 Å². The Labute approximate surface area is 117 Å². The Morgan fingerprint density at radius 1 is 1.63 bits per heavy atom. The van der Waals surface area contributed by atoms with Crippen molar-refractivity contribution in [3.63, 3.8) is 0 Å². The van der Waals surface area contributed by atoms with E-state index in [0.29, 0.717) is 5.92 Å². The van der Waals surface area contributed by atoms with Gasteiger partial charge in [0.25, 0.3) is 0 Å². The van der Waals surface area contributed by atoms with Gasteiger partial charge < -0.3 is 0 Å². The molecular formula is C12H20N6S. The Morgan fingerprint density at radius 3 is 3.11 bits per heavy atom. The van der Waals surface area contributed by atoms with E-state index in [1.54, 1.807) is 16.4 Å². The van der Waals surface area contributed by atoms with Crippen molar-refractivity contribution >= 4 is 11.8 Å². The van der Waals surface area contributed by atoms with Crippen LogP contribution in [-0.4, -0.2) is 38.0 Å². The zero-order chi connectivity index (χ0) is 13.7. The fourth-order valence-electron chi connectivity index (χ4n) is 2.84. The predicted octanol–water partition coefficient (Wildman–Crippen LogP) is 1.36. The number of nitrogens with zero attached hydrogens (tertiary/aromatic N) is 5. The lowest BCUT2D eigenvalue weighted by atomic mass is 9.86. The summed E-state index contributed by atoms with van der Waals surface area (Å²) in [4.78, 5) is 0. The van der Waals surface area contributed by atoms with E-state index < -0.39 is 0 Å². The third kappa shape index (κ3) is 3.07. The fraction of sp³-hybridized carbons (Fsp3) is 0.833. The second-order valence-corrected chi connectivity index (χ2v) is 5.99. The molecule has 0 bridgehead atoms. The van der Waals surface area contributed by atoms with Crippen LogP contribution in [0.5, 0.6) is 0 Å². The first kappa shape index (κ1) is 14.3. The Balaban J connectivity index is 1.88. The van der Waals surface area contributed by atoms with Crippen molar-refractivity contribution in [2.45, 2.75) is 43.3 Å². The molecule has 0 amide bonds. The van der Waals surface area contributed by atoms with Crippen LogP contribution in [0.2, 0.25) is 0 Å². The fourth-order valence-corrected chi connectivity index (χ4v) is 3.74. The Morgan fingerprint density at radius 2 is 2.47 bits per heavy atom. The van der Waals surface area contributed by atoms with Crippen LogP contribution in [0, 0.1) is 17.2 Å². The van der Waals surface area contributed by atoms with Crippen LogP contribution in [0.1, 0.15) is 32.6 Å². The monoisotopic (exact) mass is 280 g/mol. The van der Waals surface area contributed by atoms with Gasteiger partial charge in [0.1, 0.15) is 5.54 Å². The first-order chi connectivity index (χ1) is 9.22. The van der Waals surface area contributed by atoms with Crippen LogP contribution in [0.15, 0.2) is 5.16 Å². The van der Waals surface area contributed by atoms with Crippen molar-refractivity contribution in [1.82, 2.24) is 25.5 Å². The van der Waals surface area contributed by atoms with Crippen molar-refractivity contribution in [3.05, 3.63) is 0 Å². The molecule has 0 radical (unpaired) electrons. The summed E-state index contributed by atoms with van der Waals surface area (Å²) < 4.78 is 1.68. The lowest BCUT2D eigenvalue weighted by Crippen LogP contribution is -2.47. The highest BCUT2D eigenvalue weighted by molar-refractivity contribution is 7.99. The van der Waals surface area contributed by atoms with Gasteiger partial charge in [0.15, 0.2) is 0 Å². The zero-order valence-corrected chi connectivity index (χ0v) is 12.3. The number of hydrogen-bond acceptors (Lipinski definition) is 6. The van der Waals surface area contributed by atoms with Gasteiger partial charge >= 0.3 is 0 Å². The van der Waals surface area contributed by atoms with Crippen LogP contribution in [0.4, 0.5) is 0 Å². The largest absolute Gasteiger partial charge is 0.299 e. The molecule has 1 aromatic heterocycles. The predicted molar refractivity (Wildman–Crippen MR) is 73.5 cm³/mol. The number of aromatic nitrogens is 4. The van der Waals surface area contributed by atoms with Crippen LogP contribution < -0.4 is 5.32 Å². The lowest BCUT2D eigenvalue weighted by molar-refractivity contribution is 0.317. The van der Waals surface area contributed by atoms with E-state index in [4.69, 9.17) is 0 Å². The van der Waals surface area contributed by atoms with E-state index >= 15 is 0 Å². The summed E-state index contributed by atoms with van der Waals surface area (Å²) in [6.07, 6.45) is 4.27.